The molecule has 0 unspecified atom stereocenters. The predicted molar refractivity (Wildman–Crippen MR) is 124 cm³/mol. The van der Waals surface area contributed by atoms with Gasteiger partial charge < -0.3 is 5.32 Å². The average molecular weight is 448 g/mol. The lowest BCUT2D eigenvalue weighted by atomic mass is 10.1. The van der Waals surface area contributed by atoms with Crippen LogP contribution in [-0.2, 0) is 10.0 Å². The first-order valence-electron chi connectivity index (χ1n) is 9.73. The third-order valence-electron chi connectivity index (χ3n) is 4.71. The molecule has 0 saturated carbocycles. The summed E-state index contributed by atoms with van der Waals surface area (Å²) in [7, 11) is -3.80. The van der Waals surface area contributed by atoms with Crippen LogP contribution in [0.2, 0.25) is 0 Å². The first-order valence-corrected chi connectivity index (χ1v) is 11.3. The minimum atomic E-state index is -3.80. The van der Waals surface area contributed by atoms with E-state index < -0.39 is 16.1 Å². The van der Waals surface area contributed by atoms with Crippen molar-refractivity contribution < 1.29 is 13.2 Å². The zero-order valence-corrected chi connectivity index (χ0v) is 18.0. The van der Waals surface area contributed by atoms with Gasteiger partial charge in [0.2, 0.25) is 10.0 Å². The molecule has 1 aromatic heterocycles. The maximum atomic E-state index is 12.5. The van der Waals surface area contributed by atoms with E-state index in [0.29, 0.717) is 17.2 Å². The number of aryl methyl sites for hydroxylation is 1. The zero-order chi connectivity index (χ0) is 22.7. The molecule has 1 heterocycles. The second-order valence-corrected chi connectivity index (χ2v) is 8.74. The number of hydrogen-bond donors (Lipinski definition) is 3. The molecule has 32 heavy (non-hydrogen) atoms. The summed E-state index contributed by atoms with van der Waals surface area (Å²) in [5, 5.41) is 15.2. The number of hydrogen-bond acceptors (Lipinski definition) is 4. The van der Waals surface area contributed by atoms with Crippen molar-refractivity contribution in [1.29, 1.82) is 0 Å². The summed E-state index contributed by atoms with van der Waals surface area (Å²) in [6.45, 7) is 1.94. The van der Waals surface area contributed by atoms with E-state index in [1.165, 1.54) is 12.1 Å². The molecule has 4 aromatic rings. The lowest BCUT2D eigenvalue weighted by Gasteiger charge is -2.08. The second-order valence-electron chi connectivity index (χ2n) is 7.18. The molecule has 0 radical (unpaired) electrons. The van der Waals surface area contributed by atoms with E-state index >= 15 is 0 Å². The Labute approximate surface area is 185 Å². The molecular formula is C23H21N5O3S. The van der Waals surface area contributed by atoms with Crippen molar-refractivity contribution >= 4 is 27.6 Å². The molecule has 0 spiro atoms. The van der Waals surface area contributed by atoms with Crippen LogP contribution >= 0.6 is 0 Å². The highest BCUT2D eigenvalue weighted by atomic mass is 32.2. The lowest BCUT2D eigenvalue weighted by Crippen LogP contribution is -2.19. The summed E-state index contributed by atoms with van der Waals surface area (Å²) in [5.74, 6) is 0.338. The van der Waals surface area contributed by atoms with Gasteiger partial charge in [-0.05, 0) is 48.9 Å². The molecule has 0 aliphatic carbocycles. The normalized spacial score (nSPS) is 11.2. The molecule has 0 fully saturated rings. The quantitative estimate of drug-likeness (QED) is 0.426. The number of urea groups is 1. The average Bonchev–Trinajstić information content (AvgIpc) is 3.17. The highest BCUT2D eigenvalue weighted by Crippen LogP contribution is 2.26. The Morgan fingerprint density at radius 1 is 0.906 bits per heavy atom. The number of rotatable bonds is 5. The summed E-state index contributed by atoms with van der Waals surface area (Å²) < 4.78 is 24.8. The zero-order valence-electron chi connectivity index (χ0n) is 17.2. The number of benzene rings is 3. The number of anilines is 2. The summed E-state index contributed by atoms with van der Waals surface area (Å²) in [6, 6.07) is 24.4. The number of aromatic nitrogens is 2. The van der Waals surface area contributed by atoms with Gasteiger partial charge in [-0.15, -0.1) is 5.10 Å². The number of primary sulfonamides is 1. The molecule has 4 N–H and O–H groups in total. The fourth-order valence-corrected chi connectivity index (χ4v) is 3.75. The minimum Gasteiger partial charge on any atom is -0.308 e. The Bertz CT molecular complexity index is 1360. The third-order valence-corrected chi connectivity index (χ3v) is 5.64. The highest BCUT2D eigenvalue weighted by molar-refractivity contribution is 7.89. The topological polar surface area (TPSA) is 119 Å². The number of nitrogens with zero attached hydrogens (tertiary/aromatic N) is 2. The van der Waals surface area contributed by atoms with Crippen molar-refractivity contribution in [3.8, 4) is 16.9 Å². The Balaban J connectivity index is 1.66. The molecular weight excluding hydrogens is 426 g/mol. The van der Waals surface area contributed by atoms with Crippen LogP contribution in [-0.4, -0.2) is 24.2 Å². The van der Waals surface area contributed by atoms with Crippen LogP contribution in [0.4, 0.5) is 16.3 Å². The Hall–Kier alpha value is -3.95. The van der Waals surface area contributed by atoms with Gasteiger partial charge in [0.1, 0.15) is 0 Å². The predicted octanol–water partition coefficient (Wildman–Crippen LogP) is 4.14. The molecule has 8 nitrogen and oxygen atoms in total. The smallest absolute Gasteiger partial charge is 0.308 e. The molecule has 3 aromatic carbocycles. The summed E-state index contributed by atoms with van der Waals surface area (Å²) in [4.78, 5) is 12.5. The van der Waals surface area contributed by atoms with Crippen LogP contribution in [0.5, 0.6) is 0 Å². The second kappa shape index (κ2) is 8.66. The standard InChI is InChI=1S/C23H21N5O3S/c1-16-6-5-9-18(14-16)25-23(29)26-22-15-21(17-7-3-2-4-8-17)28(27-22)19-10-12-20(13-11-19)32(24,30)31/h2-15H,1H3,(H2,24,30,31)(H2,25,26,27,29). The maximum Gasteiger partial charge on any atom is 0.324 e. The van der Waals surface area contributed by atoms with Gasteiger partial charge in [-0.25, -0.2) is 23.0 Å². The molecule has 4 rings (SSSR count). The van der Waals surface area contributed by atoms with Crippen LogP contribution in [0.1, 0.15) is 5.56 Å². The number of nitrogens with one attached hydrogen (secondary N) is 2. The molecule has 0 bridgehead atoms. The van der Waals surface area contributed by atoms with Gasteiger partial charge in [-0.2, -0.15) is 0 Å². The monoisotopic (exact) mass is 447 g/mol. The van der Waals surface area contributed by atoms with E-state index in [4.69, 9.17) is 5.14 Å². The first-order chi connectivity index (χ1) is 15.3. The summed E-state index contributed by atoms with van der Waals surface area (Å²) >= 11 is 0. The van der Waals surface area contributed by atoms with Gasteiger partial charge in [-0.3, -0.25) is 5.32 Å². The molecule has 0 aliphatic heterocycles. The maximum absolute atomic E-state index is 12.5. The van der Waals surface area contributed by atoms with Crippen LogP contribution in [0.25, 0.3) is 16.9 Å². The van der Waals surface area contributed by atoms with Gasteiger partial charge in [-0.1, -0.05) is 42.5 Å². The molecule has 0 saturated heterocycles. The van der Waals surface area contributed by atoms with Gasteiger partial charge in [0.25, 0.3) is 0 Å². The minimum absolute atomic E-state index is 0.00514. The molecule has 162 valence electrons. The van der Waals surface area contributed by atoms with Crippen LogP contribution < -0.4 is 15.8 Å². The van der Waals surface area contributed by atoms with Crippen molar-refractivity contribution in [1.82, 2.24) is 9.78 Å². The number of carbonyl (C=O) groups excluding carboxylic acids is 1. The SMILES string of the molecule is Cc1cccc(NC(=O)Nc2cc(-c3ccccc3)n(-c3ccc(S(N)(=O)=O)cc3)n2)c1. The van der Waals surface area contributed by atoms with Crippen molar-refractivity contribution in [2.45, 2.75) is 11.8 Å². The number of nitrogens with two attached hydrogens (primary N) is 1. The van der Waals surface area contributed by atoms with Crippen molar-refractivity contribution in [3.05, 3.63) is 90.5 Å². The van der Waals surface area contributed by atoms with Gasteiger partial charge in [0, 0.05) is 17.3 Å². The van der Waals surface area contributed by atoms with E-state index in [9.17, 15) is 13.2 Å². The number of carbonyl (C=O) groups is 1. The Morgan fingerprint density at radius 3 is 2.28 bits per heavy atom. The van der Waals surface area contributed by atoms with Crippen LogP contribution in [0, 0.1) is 6.92 Å². The molecule has 0 atom stereocenters. The van der Waals surface area contributed by atoms with Crippen molar-refractivity contribution in [2.24, 2.45) is 5.14 Å². The highest BCUT2D eigenvalue weighted by Gasteiger charge is 2.15. The van der Waals surface area contributed by atoms with Gasteiger partial charge >= 0.3 is 6.03 Å². The number of amides is 2. The number of sulfonamides is 1. The van der Waals surface area contributed by atoms with Crippen molar-refractivity contribution in [3.63, 3.8) is 0 Å². The molecule has 0 aliphatic rings. The fourth-order valence-electron chi connectivity index (χ4n) is 3.23. The Morgan fingerprint density at radius 2 is 1.62 bits per heavy atom. The lowest BCUT2D eigenvalue weighted by molar-refractivity contribution is 0.262. The fraction of sp³-hybridized carbons (Fsp3) is 0.0435. The van der Waals surface area contributed by atoms with Gasteiger partial charge in [0.05, 0.1) is 16.3 Å². The van der Waals surface area contributed by atoms with Crippen LogP contribution in [0.15, 0.2) is 89.8 Å². The molecule has 2 amide bonds. The largest absolute Gasteiger partial charge is 0.324 e. The first kappa shape index (κ1) is 21.3. The summed E-state index contributed by atoms with van der Waals surface area (Å²) in [6.07, 6.45) is 0. The van der Waals surface area contributed by atoms with Crippen molar-refractivity contribution in [2.75, 3.05) is 10.6 Å². The van der Waals surface area contributed by atoms with E-state index in [-0.39, 0.29) is 4.90 Å². The van der Waals surface area contributed by atoms with E-state index in [1.807, 2.05) is 55.5 Å². The Kier molecular flexibility index (Phi) is 5.76. The van der Waals surface area contributed by atoms with Crippen LogP contribution in [0.3, 0.4) is 0 Å². The van der Waals surface area contributed by atoms with E-state index in [1.54, 1.807) is 28.9 Å². The third kappa shape index (κ3) is 4.85. The summed E-state index contributed by atoms with van der Waals surface area (Å²) in [5.41, 5.74) is 3.91. The molecule has 9 heteroatoms. The van der Waals surface area contributed by atoms with Gasteiger partial charge in [0.15, 0.2) is 5.82 Å². The van der Waals surface area contributed by atoms with E-state index in [2.05, 4.69) is 15.7 Å². The van der Waals surface area contributed by atoms with E-state index in [0.717, 1.165) is 16.8 Å².